The molecule has 2 atom stereocenters. The number of hydrogen-bond acceptors (Lipinski definition) is 4. The van der Waals surface area contributed by atoms with Gasteiger partial charge < -0.3 is 4.90 Å². The Balaban J connectivity index is 1.30. The predicted octanol–water partition coefficient (Wildman–Crippen LogP) is 5.00. The second-order valence-electron chi connectivity index (χ2n) is 9.43. The van der Waals surface area contributed by atoms with Gasteiger partial charge in [-0.05, 0) is 31.7 Å². The van der Waals surface area contributed by atoms with Crippen LogP contribution in [0.4, 0.5) is 0 Å². The second-order valence-corrected chi connectivity index (χ2v) is 9.43. The molecule has 5 nitrogen and oxygen atoms in total. The molecule has 33 heavy (non-hydrogen) atoms. The van der Waals surface area contributed by atoms with Crippen molar-refractivity contribution in [3.05, 3.63) is 83.7 Å². The van der Waals surface area contributed by atoms with Gasteiger partial charge in [0.2, 0.25) is 5.91 Å². The van der Waals surface area contributed by atoms with Gasteiger partial charge >= 0.3 is 0 Å². The molecule has 2 aliphatic rings. The minimum atomic E-state index is 0.283. The van der Waals surface area contributed by atoms with Gasteiger partial charge in [0.25, 0.3) is 0 Å². The lowest BCUT2D eigenvalue weighted by molar-refractivity contribution is -0.135. The summed E-state index contributed by atoms with van der Waals surface area (Å²) in [5.74, 6) is 1.07. The summed E-state index contributed by atoms with van der Waals surface area (Å²) in [5, 5.41) is 0. The topological polar surface area (TPSA) is 49.3 Å². The lowest BCUT2D eigenvalue weighted by Gasteiger charge is -2.37. The predicted molar refractivity (Wildman–Crippen MR) is 130 cm³/mol. The average molecular weight is 441 g/mol. The highest BCUT2D eigenvalue weighted by molar-refractivity contribution is 5.76. The first-order valence-electron chi connectivity index (χ1n) is 12.1. The number of carbonyl (C=O) groups excluding carboxylic acids is 1. The molecule has 170 valence electrons. The molecule has 0 unspecified atom stereocenters. The van der Waals surface area contributed by atoms with E-state index in [4.69, 9.17) is 0 Å². The smallest absolute Gasteiger partial charge is 0.223 e. The van der Waals surface area contributed by atoms with Crippen LogP contribution in [0.5, 0.6) is 0 Å². The van der Waals surface area contributed by atoms with Gasteiger partial charge in [0, 0.05) is 61.7 Å². The molecule has 5 rings (SSSR count). The van der Waals surface area contributed by atoms with E-state index in [2.05, 4.69) is 75.2 Å². The molecular formula is C28H32N4O. The normalized spacial score (nSPS) is 21.5. The van der Waals surface area contributed by atoms with Gasteiger partial charge in [-0.25, -0.2) is 9.97 Å². The summed E-state index contributed by atoms with van der Waals surface area (Å²) in [6.45, 7) is 4.64. The highest BCUT2D eigenvalue weighted by Gasteiger charge is 2.40. The Morgan fingerprint density at radius 1 is 0.848 bits per heavy atom. The molecule has 0 spiro atoms. The number of amides is 1. The molecule has 0 N–H and O–H groups in total. The van der Waals surface area contributed by atoms with E-state index in [0.717, 1.165) is 55.7 Å². The van der Waals surface area contributed by atoms with Crippen LogP contribution < -0.4 is 0 Å². The first-order valence-corrected chi connectivity index (χ1v) is 12.1. The van der Waals surface area contributed by atoms with Gasteiger partial charge in [-0.2, -0.15) is 0 Å². The minimum absolute atomic E-state index is 0.283. The van der Waals surface area contributed by atoms with Crippen LogP contribution in [0.15, 0.2) is 67.0 Å². The summed E-state index contributed by atoms with van der Waals surface area (Å²) in [6.07, 6.45) is 8.87. The summed E-state index contributed by atoms with van der Waals surface area (Å²) in [7, 11) is 0. The summed E-state index contributed by atoms with van der Waals surface area (Å²) in [5.41, 5.74) is 4.62. The molecule has 2 aliphatic heterocycles. The number of aryl methyl sites for hydroxylation is 1. The third kappa shape index (κ3) is 4.98. The summed E-state index contributed by atoms with van der Waals surface area (Å²) < 4.78 is 0. The summed E-state index contributed by atoms with van der Waals surface area (Å²) in [4.78, 5) is 27.0. The molecule has 1 amide bonds. The first-order chi connectivity index (χ1) is 16.2. The van der Waals surface area contributed by atoms with Crippen molar-refractivity contribution in [3.8, 4) is 11.4 Å². The third-order valence-corrected chi connectivity index (χ3v) is 7.08. The molecule has 2 fully saturated rings. The van der Waals surface area contributed by atoms with Crippen LogP contribution in [0.25, 0.3) is 11.4 Å². The summed E-state index contributed by atoms with van der Waals surface area (Å²) in [6, 6.07) is 19.4. The van der Waals surface area contributed by atoms with Crippen molar-refractivity contribution in [1.82, 2.24) is 19.8 Å². The Morgan fingerprint density at radius 2 is 1.61 bits per heavy atom. The number of hydrogen-bond donors (Lipinski definition) is 0. The summed E-state index contributed by atoms with van der Waals surface area (Å²) >= 11 is 0. The maximum absolute atomic E-state index is 13.1. The van der Waals surface area contributed by atoms with E-state index in [1.807, 2.05) is 18.5 Å². The molecular weight excluding hydrogens is 408 g/mol. The van der Waals surface area contributed by atoms with Crippen molar-refractivity contribution in [1.29, 1.82) is 0 Å². The molecule has 3 aromatic rings. The Hall–Kier alpha value is -3.05. The van der Waals surface area contributed by atoms with Crippen LogP contribution in [0.2, 0.25) is 0 Å². The largest absolute Gasteiger partial charge is 0.334 e. The van der Waals surface area contributed by atoms with Gasteiger partial charge in [-0.1, -0.05) is 66.6 Å². The van der Waals surface area contributed by atoms with E-state index < -0.39 is 0 Å². The van der Waals surface area contributed by atoms with Gasteiger partial charge in [0.1, 0.15) is 0 Å². The molecule has 0 saturated carbocycles. The molecule has 0 radical (unpaired) electrons. The monoisotopic (exact) mass is 440 g/mol. The quantitative estimate of drug-likeness (QED) is 0.560. The number of likely N-dealkylation sites (tertiary alicyclic amines) is 2. The Labute approximate surface area is 196 Å². The van der Waals surface area contributed by atoms with Crippen molar-refractivity contribution in [2.45, 2.75) is 64.2 Å². The van der Waals surface area contributed by atoms with Crippen molar-refractivity contribution >= 4 is 5.91 Å². The maximum atomic E-state index is 13.1. The molecule has 5 heteroatoms. The van der Waals surface area contributed by atoms with Crippen LogP contribution in [0, 0.1) is 6.92 Å². The van der Waals surface area contributed by atoms with Gasteiger partial charge in [0.05, 0.1) is 0 Å². The number of fused-ring (bicyclic) bond motifs is 1. The van der Waals surface area contributed by atoms with Gasteiger partial charge in [-0.3, -0.25) is 9.69 Å². The molecule has 1 aromatic heterocycles. The van der Waals surface area contributed by atoms with E-state index in [-0.39, 0.29) is 6.04 Å². The van der Waals surface area contributed by atoms with E-state index >= 15 is 0 Å². The molecule has 0 aliphatic carbocycles. The Bertz CT molecular complexity index is 1070. The fourth-order valence-electron chi connectivity index (χ4n) is 5.30. The first kappa shape index (κ1) is 21.8. The highest BCUT2D eigenvalue weighted by atomic mass is 16.2. The minimum Gasteiger partial charge on any atom is -0.334 e. The molecule has 2 saturated heterocycles. The second kappa shape index (κ2) is 9.84. The average Bonchev–Trinajstić information content (AvgIpc) is 3.22. The molecule has 3 heterocycles. The number of benzene rings is 2. The van der Waals surface area contributed by atoms with Crippen molar-refractivity contribution in [2.24, 2.45) is 0 Å². The van der Waals surface area contributed by atoms with Crippen LogP contribution >= 0.6 is 0 Å². The zero-order valence-corrected chi connectivity index (χ0v) is 19.4. The fraction of sp³-hybridized carbons (Fsp3) is 0.393. The van der Waals surface area contributed by atoms with Crippen molar-refractivity contribution in [3.63, 3.8) is 0 Å². The fourth-order valence-corrected chi connectivity index (χ4v) is 5.30. The third-order valence-electron chi connectivity index (χ3n) is 7.08. The highest BCUT2D eigenvalue weighted by Crippen LogP contribution is 2.32. The maximum Gasteiger partial charge on any atom is 0.223 e. The number of rotatable bonds is 5. The Morgan fingerprint density at radius 3 is 2.36 bits per heavy atom. The van der Waals surface area contributed by atoms with Crippen LogP contribution in [0.3, 0.4) is 0 Å². The zero-order chi connectivity index (χ0) is 22.6. The van der Waals surface area contributed by atoms with E-state index in [9.17, 15) is 4.79 Å². The van der Waals surface area contributed by atoms with Crippen LogP contribution in [-0.4, -0.2) is 44.3 Å². The zero-order valence-electron chi connectivity index (χ0n) is 19.4. The van der Waals surface area contributed by atoms with Crippen LogP contribution in [-0.2, 0) is 17.9 Å². The van der Waals surface area contributed by atoms with Gasteiger partial charge in [0.15, 0.2) is 5.82 Å². The molecule has 0 bridgehead atoms. The standard InChI is InChI=1S/C28H32N4O/c1-21-11-13-24(14-12-21)28-29-17-23(18-30-28)19-31-16-15-26-25(31)9-5-6-10-27(33)32(26)20-22-7-3-2-4-8-22/h2-4,7-8,11-14,17-18,25-26H,5-6,9-10,15-16,19-20H2,1H3/t25-,26+/m1/s1. The van der Waals surface area contributed by atoms with Gasteiger partial charge in [-0.15, -0.1) is 0 Å². The van der Waals surface area contributed by atoms with E-state index in [1.54, 1.807) is 0 Å². The lowest BCUT2D eigenvalue weighted by Crippen LogP contribution is -2.48. The van der Waals surface area contributed by atoms with E-state index in [1.165, 1.54) is 11.1 Å². The number of aromatic nitrogens is 2. The van der Waals surface area contributed by atoms with Crippen molar-refractivity contribution in [2.75, 3.05) is 6.54 Å². The van der Waals surface area contributed by atoms with Crippen LogP contribution in [0.1, 0.15) is 48.8 Å². The molecule has 2 aromatic carbocycles. The number of nitrogens with zero attached hydrogens (tertiary/aromatic N) is 4. The van der Waals surface area contributed by atoms with E-state index in [0.29, 0.717) is 24.9 Å². The van der Waals surface area contributed by atoms with Crippen molar-refractivity contribution < 1.29 is 4.79 Å². The Kier molecular flexibility index (Phi) is 6.49. The lowest BCUT2D eigenvalue weighted by atomic mass is 9.96. The number of carbonyl (C=O) groups is 1. The SMILES string of the molecule is Cc1ccc(-c2ncc(CN3CC[C@H]4[C@H]3CCCCC(=O)N4Cc3ccccc3)cn2)cc1.